The molecule has 0 radical (unpaired) electrons. The highest BCUT2D eigenvalue weighted by molar-refractivity contribution is 7.17. The Bertz CT molecular complexity index is 1470. The summed E-state index contributed by atoms with van der Waals surface area (Å²) in [5, 5.41) is 13.5. The number of rotatable bonds is 9. The number of amides is 1. The molecule has 196 valence electrons. The lowest BCUT2D eigenvalue weighted by Crippen LogP contribution is -2.22. The first-order chi connectivity index (χ1) is 18.2. The zero-order chi connectivity index (χ0) is 27.4. The number of carboxylic acids is 1. The number of benzene rings is 3. The van der Waals surface area contributed by atoms with E-state index in [0.29, 0.717) is 22.1 Å². The maximum absolute atomic E-state index is 13.1. The molecule has 7 nitrogen and oxygen atoms in total. The van der Waals surface area contributed by atoms with Gasteiger partial charge in [0.2, 0.25) is 0 Å². The summed E-state index contributed by atoms with van der Waals surface area (Å²) in [4.78, 5) is 30.1. The second-order valence-electron chi connectivity index (χ2n) is 9.19. The number of hydrogen-bond donors (Lipinski definition) is 2. The smallest absolute Gasteiger partial charge is 0.339 e. The molecule has 38 heavy (non-hydrogen) atoms. The van der Waals surface area contributed by atoms with Crippen molar-refractivity contribution in [2.24, 2.45) is 0 Å². The van der Waals surface area contributed by atoms with Gasteiger partial charge in [-0.25, -0.2) is 9.78 Å². The Hall–Kier alpha value is -4.17. The monoisotopic (exact) mass is 530 g/mol. The second-order valence-corrected chi connectivity index (χ2v) is 10.2. The lowest BCUT2D eigenvalue weighted by molar-refractivity contribution is 0.0690. The number of carboxylic acid groups (broad SMARTS) is 1. The molecule has 0 saturated heterocycles. The van der Waals surface area contributed by atoms with E-state index in [1.165, 1.54) is 11.3 Å². The Balaban J connectivity index is 1.56. The minimum absolute atomic E-state index is 0.0897. The predicted octanol–water partition coefficient (Wildman–Crippen LogP) is 6.52. The van der Waals surface area contributed by atoms with E-state index in [1.54, 1.807) is 19.2 Å². The van der Waals surface area contributed by atoms with Gasteiger partial charge in [0, 0.05) is 17.7 Å². The number of aryl methyl sites for hydroxylation is 2. The Morgan fingerprint density at radius 2 is 1.58 bits per heavy atom. The lowest BCUT2D eigenvalue weighted by atomic mass is 9.99. The minimum Gasteiger partial charge on any atom is -0.496 e. The standard InChI is InChI=1S/C30H30N2O5S/c1-17(2)37-26-13-11-22(15-24(26)30(34)35)21-10-12-25(36-5)23(14-21)16-31-28(33)27-19(4)32-29(38-27)20-8-6-18(3)7-9-20/h6-15,17H,16H2,1-5H3,(H,31,33)(H,34,35). The van der Waals surface area contributed by atoms with Gasteiger partial charge in [-0.2, -0.15) is 0 Å². The average Bonchev–Trinajstić information content (AvgIpc) is 3.28. The van der Waals surface area contributed by atoms with Crippen LogP contribution >= 0.6 is 11.3 Å². The summed E-state index contributed by atoms with van der Waals surface area (Å²) in [7, 11) is 1.57. The van der Waals surface area contributed by atoms with Crippen LogP contribution in [0.3, 0.4) is 0 Å². The quantitative estimate of drug-likeness (QED) is 0.256. The number of ether oxygens (including phenoxy) is 2. The number of hydrogen-bond acceptors (Lipinski definition) is 6. The largest absolute Gasteiger partial charge is 0.496 e. The fourth-order valence-corrected chi connectivity index (χ4v) is 5.00. The average molecular weight is 531 g/mol. The van der Waals surface area contributed by atoms with Gasteiger partial charge in [0.15, 0.2) is 0 Å². The molecule has 1 amide bonds. The summed E-state index contributed by atoms with van der Waals surface area (Å²) in [6.45, 7) is 7.78. The van der Waals surface area contributed by atoms with Crippen LogP contribution < -0.4 is 14.8 Å². The van der Waals surface area contributed by atoms with Crippen LogP contribution in [0.25, 0.3) is 21.7 Å². The van der Waals surface area contributed by atoms with Crippen molar-refractivity contribution in [1.82, 2.24) is 10.3 Å². The molecule has 1 aromatic heterocycles. The van der Waals surface area contributed by atoms with Gasteiger partial charge in [-0.05, 0) is 63.1 Å². The fraction of sp³-hybridized carbons (Fsp3) is 0.233. The van der Waals surface area contributed by atoms with Crippen molar-refractivity contribution >= 4 is 23.2 Å². The highest BCUT2D eigenvalue weighted by atomic mass is 32.1. The Kier molecular flexibility index (Phi) is 8.12. The molecule has 0 unspecified atom stereocenters. The van der Waals surface area contributed by atoms with E-state index >= 15 is 0 Å². The molecule has 0 atom stereocenters. The highest BCUT2D eigenvalue weighted by Gasteiger charge is 2.18. The Labute approximate surface area is 226 Å². The van der Waals surface area contributed by atoms with Gasteiger partial charge < -0.3 is 19.9 Å². The molecular formula is C30H30N2O5S. The summed E-state index contributed by atoms with van der Waals surface area (Å²) >= 11 is 1.36. The number of nitrogens with zero attached hydrogens (tertiary/aromatic N) is 1. The number of aromatic nitrogens is 1. The first-order valence-corrected chi connectivity index (χ1v) is 13.0. The predicted molar refractivity (Wildman–Crippen MR) is 149 cm³/mol. The van der Waals surface area contributed by atoms with E-state index < -0.39 is 5.97 Å². The van der Waals surface area contributed by atoms with Gasteiger partial charge in [0.1, 0.15) is 26.9 Å². The maximum Gasteiger partial charge on any atom is 0.339 e. The van der Waals surface area contributed by atoms with Crippen molar-refractivity contribution in [2.75, 3.05) is 7.11 Å². The molecule has 8 heteroatoms. The lowest BCUT2D eigenvalue weighted by Gasteiger charge is -2.15. The molecule has 2 N–H and O–H groups in total. The minimum atomic E-state index is -1.06. The number of thiazole rings is 1. The second kappa shape index (κ2) is 11.5. The van der Waals surface area contributed by atoms with Crippen LogP contribution in [0.2, 0.25) is 0 Å². The van der Waals surface area contributed by atoms with Crippen LogP contribution in [0.4, 0.5) is 0 Å². The molecular weight excluding hydrogens is 500 g/mol. The van der Waals surface area contributed by atoms with Gasteiger partial charge in [0.25, 0.3) is 5.91 Å². The molecule has 0 aliphatic carbocycles. The van der Waals surface area contributed by atoms with E-state index in [-0.39, 0.29) is 24.1 Å². The van der Waals surface area contributed by atoms with Crippen LogP contribution in [-0.4, -0.2) is 35.2 Å². The molecule has 1 heterocycles. The molecule has 0 fully saturated rings. The number of aromatic carboxylic acids is 1. The third kappa shape index (κ3) is 6.03. The van der Waals surface area contributed by atoms with Crippen molar-refractivity contribution in [1.29, 1.82) is 0 Å². The molecule has 0 saturated carbocycles. The number of carbonyl (C=O) groups is 2. The highest BCUT2D eigenvalue weighted by Crippen LogP contribution is 2.32. The normalized spacial score (nSPS) is 10.9. The topological polar surface area (TPSA) is 97.8 Å². The maximum atomic E-state index is 13.1. The molecule has 4 aromatic rings. The number of carbonyl (C=O) groups excluding carboxylic acids is 1. The molecule has 0 aliphatic heterocycles. The van der Waals surface area contributed by atoms with Crippen molar-refractivity contribution in [3.63, 3.8) is 0 Å². The molecule has 4 rings (SSSR count). The molecule has 0 spiro atoms. The van der Waals surface area contributed by atoms with Gasteiger partial charge in [-0.1, -0.05) is 42.0 Å². The summed E-state index contributed by atoms with van der Waals surface area (Å²) in [5.74, 6) is -0.335. The van der Waals surface area contributed by atoms with Gasteiger partial charge in [-0.15, -0.1) is 11.3 Å². The Morgan fingerprint density at radius 1 is 0.947 bits per heavy atom. The first kappa shape index (κ1) is 26.9. The van der Waals surface area contributed by atoms with Crippen LogP contribution in [0.15, 0.2) is 60.7 Å². The molecule has 0 bridgehead atoms. The molecule has 0 aliphatic rings. The van der Waals surface area contributed by atoms with Crippen molar-refractivity contribution < 1.29 is 24.2 Å². The zero-order valence-corrected chi connectivity index (χ0v) is 22.8. The van der Waals surface area contributed by atoms with Gasteiger partial charge in [-0.3, -0.25) is 4.79 Å². The Morgan fingerprint density at radius 3 is 2.21 bits per heavy atom. The van der Waals surface area contributed by atoms with E-state index in [4.69, 9.17) is 9.47 Å². The van der Waals surface area contributed by atoms with Gasteiger partial charge >= 0.3 is 5.97 Å². The van der Waals surface area contributed by atoms with E-state index in [0.717, 1.165) is 32.8 Å². The van der Waals surface area contributed by atoms with Gasteiger partial charge in [0.05, 0.1) is 18.9 Å². The SMILES string of the molecule is COc1ccc(-c2ccc(OC(C)C)c(C(=O)O)c2)cc1CNC(=O)c1sc(-c2ccc(C)cc2)nc1C. The van der Waals surface area contributed by atoms with Crippen LogP contribution in [-0.2, 0) is 6.54 Å². The third-order valence-electron chi connectivity index (χ3n) is 5.93. The fourth-order valence-electron chi connectivity index (χ4n) is 4.01. The number of nitrogens with one attached hydrogen (secondary N) is 1. The summed E-state index contributed by atoms with van der Waals surface area (Å²) in [6, 6.07) is 18.7. The van der Waals surface area contributed by atoms with Crippen molar-refractivity contribution in [2.45, 2.75) is 40.3 Å². The van der Waals surface area contributed by atoms with Crippen LogP contribution in [0, 0.1) is 13.8 Å². The van der Waals surface area contributed by atoms with E-state index in [1.807, 2.05) is 76.2 Å². The summed E-state index contributed by atoms with van der Waals surface area (Å²) in [6.07, 6.45) is -0.148. The van der Waals surface area contributed by atoms with E-state index in [2.05, 4.69) is 10.3 Å². The van der Waals surface area contributed by atoms with E-state index in [9.17, 15) is 14.7 Å². The molecule has 3 aromatic carbocycles. The summed E-state index contributed by atoms with van der Waals surface area (Å²) in [5.41, 5.74) is 5.18. The van der Waals surface area contributed by atoms with Crippen LogP contribution in [0.1, 0.15) is 50.7 Å². The summed E-state index contributed by atoms with van der Waals surface area (Å²) < 4.78 is 11.2. The van der Waals surface area contributed by atoms with Crippen LogP contribution in [0.5, 0.6) is 11.5 Å². The first-order valence-electron chi connectivity index (χ1n) is 12.2. The van der Waals surface area contributed by atoms with Crippen molar-refractivity contribution in [3.8, 4) is 33.2 Å². The zero-order valence-electron chi connectivity index (χ0n) is 22.0. The number of methoxy groups -OCH3 is 1. The third-order valence-corrected chi connectivity index (χ3v) is 7.13. The van der Waals surface area contributed by atoms with Crippen molar-refractivity contribution in [3.05, 3.63) is 87.9 Å².